The number of hydrogen-bond acceptors (Lipinski definition) is 7. The van der Waals surface area contributed by atoms with Crippen LogP contribution in [0.4, 0.5) is 57.0 Å². The molecule has 0 aliphatic heterocycles. The first kappa shape index (κ1) is 39.1. The fourth-order valence-corrected chi connectivity index (χ4v) is 6.36. The van der Waals surface area contributed by atoms with Crippen molar-refractivity contribution in [2.75, 3.05) is 23.7 Å². The fourth-order valence-electron chi connectivity index (χ4n) is 5.18. The highest BCUT2D eigenvalue weighted by atomic mass is 32.2. The van der Waals surface area contributed by atoms with E-state index in [1.807, 2.05) is 54.6 Å². The Morgan fingerprint density at radius 3 is 1.78 bits per heavy atom. The minimum atomic E-state index is -5.14. The van der Waals surface area contributed by atoms with Crippen LogP contribution in [0, 0.1) is 11.8 Å². The number of hydrogen-bond donors (Lipinski definition) is 4. The van der Waals surface area contributed by atoms with Crippen molar-refractivity contribution in [1.29, 1.82) is 0 Å². The molecular weight excluding hydrogens is 721 g/mol. The number of aromatic nitrogens is 2. The van der Waals surface area contributed by atoms with Gasteiger partial charge in [-0.25, -0.2) is 22.9 Å². The Kier molecular flexibility index (Phi) is 12.1. The first-order valence-corrected chi connectivity index (χ1v) is 16.6. The van der Waals surface area contributed by atoms with Gasteiger partial charge in [0.1, 0.15) is 5.82 Å². The SMILES string of the molecule is O=C(O)C(F)(F)F.O=S(=O)(NCC1CCC(CNc2nc(Nc3ccccc3)c3ccccc3n2)CC1)c1cc(C(F)(F)F)cc(C(F)(F)F)c1. The third-order valence-electron chi connectivity index (χ3n) is 7.83. The molecule has 19 heteroatoms. The predicted molar refractivity (Wildman–Crippen MR) is 169 cm³/mol. The van der Waals surface area contributed by atoms with E-state index < -0.39 is 50.5 Å². The van der Waals surface area contributed by atoms with Gasteiger partial charge >= 0.3 is 24.5 Å². The van der Waals surface area contributed by atoms with Crippen LogP contribution >= 0.6 is 0 Å². The van der Waals surface area contributed by atoms with E-state index in [0.29, 0.717) is 31.2 Å². The Bertz CT molecular complexity index is 1880. The molecule has 51 heavy (non-hydrogen) atoms. The largest absolute Gasteiger partial charge is 0.490 e. The molecule has 0 saturated heterocycles. The number of carbonyl (C=O) groups is 1. The van der Waals surface area contributed by atoms with E-state index in [4.69, 9.17) is 9.90 Å². The molecular formula is C32H30F9N5O4S. The number of halogens is 9. The van der Waals surface area contributed by atoms with Gasteiger partial charge in [-0.15, -0.1) is 0 Å². The summed E-state index contributed by atoms with van der Waals surface area (Å²) in [4.78, 5) is 17.1. The lowest BCUT2D eigenvalue weighted by molar-refractivity contribution is -0.192. The van der Waals surface area contributed by atoms with Gasteiger partial charge in [0, 0.05) is 24.2 Å². The summed E-state index contributed by atoms with van der Waals surface area (Å²) in [6, 6.07) is 17.6. The molecule has 5 rings (SSSR count). The van der Waals surface area contributed by atoms with Crippen molar-refractivity contribution in [3.8, 4) is 0 Å². The Hall–Kier alpha value is -4.65. The summed E-state index contributed by atoms with van der Waals surface area (Å²) >= 11 is 0. The van der Waals surface area contributed by atoms with E-state index in [1.165, 1.54) is 0 Å². The number of aliphatic carboxylic acids is 1. The molecule has 1 aromatic heterocycles. The number of carboxylic acid groups (broad SMARTS) is 1. The molecule has 9 nitrogen and oxygen atoms in total. The maximum absolute atomic E-state index is 13.2. The van der Waals surface area contributed by atoms with Crippen molar-refractivity contribution in [2.24, 2.45) is 11.8 Å². The molecule has 1 aliphatic carbocycles. The van der Waals surface area contributed by atoms with Crippen molar-refractivity contribution in [3.63, 3.8) is 0 Å². The number of carboxylic acids is 1. The molecule has 1 heterocycles. The van der Waals surface area contributed by atoms with Crippen LogP contribution in [0.5, 0.6) is 0 Å². The number of sulfonamides is 1. The van der Waals surface area contributed by atoms with Crippen molar-refractivity contribution < 1.29 is 57.8 Å². The Morgan fingerprint density at radius 2 is 1.25 bits per heavy atom. The monoisotopic (exact) mass is 751 g/mol. The van der Waals surface area contributed by atoms with Crippen molar-refractivity contribution in [2.45, 2.75) is 49.1 Å². The first-order valence-electron chi connectivity index (χ1n) is 15.1. The van der Waals surface area contributed by atoms with Crippen LogP contribution in [-0.4, -0.2) is 48.7 Å². The second-order valence-corrected chi connectivity index (χ2v) is 13.3. The maximum atomic E-state index is 13.2. The second kappa shape index (κ2) is 15.7. The maximum Gasteiger partial charge on any atom is 0.490 e. The highest BCUT2D eigenvalue weighted by Crippen LogP contribution is 2.37. The van der Waals surface area contributed by atoms with Crippen LogP contribution in [0.1, 0.15) is 36.8 Å². The van der Waals surface area contributed by atoms with E-state index >= 15 is 0 Å². The van der Waals surface area contributed by atoms with Gasteiger partial charge < -0.3 is 15.7 Å². The average molecular weight is 752 g/mol. The number of fused-ring (bicyclic) bond motifs is 1. The quantitative estimate of drug-likeness (QED) is 0.126. The lowest BCUT2D eigenvalue weighted by atomic mass is 9.82. The van der Waals surface area contributed by atoms with Crippen LogP contribution in [0.15, 0.2) is 77.7 Å². The Labute approximate surface area is 285 Å². The fraction of sp³-hybridized carbons (Fsp3) is 0.344. The van der Waals surface area contributed by atoms with E-state index in [-0.39, 0.29) is 36.6 Å². The summed E-state index contributed by atoms with van der Waals surface area (Å²) < 4.78 is 139. The third-order valence-corrected chi connectivity index (χ3v) is 9.23. The van der Waals surface area contributed by atoms with Gasteiger partial charge in [-0.05, 0) is 80.0 Å². The summed E-state index contributed by atoms with van der Waals surface area (Å²) in [7, 11) is -4.61. The third kappa shape index (κ3) is 11.2. The molecule has 4 aromatic rings. The normalized spacial score (nSPS) is 17.0. The number of rotatable bonds is 9. The van der Waals surface area contributed by atoms with E-state index in [1.54, 1.807) is 0 Å². The average Bonchev–Trinajstić information content (AvgIpc) is 3.06. The van der Waals surface area contributed by atoms with Gasteiger partial charge in [-0.3, -0.25) is 0 Å². The lowest BCUT2D eigenvalue weighted by Gasteiger charge is -2.28. The molecule has 1 saturated carbocycles. The van der Waals surface area contributed by atoms with E-state index in [9.17, 15) is 47.9 Å². The highest BCUT2D eigenvalue weighted by Gasteiger charge is 2.39. The molecule has 0 atom stereocenters. The van der Waals surface area contributed by atoms with Crippen LogP contribution < -0.4 is 15.4 Å². The number of anilines is 3. The number of benzene rings is 3. The summed E-state index contributed by atoms with van der Waals surface area (Å²) in [5, 5.41) is 14.6. The molecule has 0 unspecified atom stereocenters. The molecule has 0 radical (unpaired) electrons. The molecule has 0 bridgehead atoms. The molecule has 0 amide bonds. The molecule has 3 aromatic carbocycles. The van der Waals surface area contributed by atoms with Gasteiger partial charge in [0.05, 0.1) is 21.5 Å². The van der Waals surface area contributed by atoms with Gasteiger partial charge in [0.25, 0.3) is 0 Å². The van der Waals surface area contributed by atoms with Crippen molar-refractivity contribution in [1.82, 2.24) is 14.7 Å². The minimum absolute atomic E-state index is 0.0949. The minimum Gasteiger partial charge on any atom is -0.475 e. The molecule has 276 valence electrons. The van der Waals surface area contributed by atoms with Crippen LogP contribution in [-0.2, 0) is 27.2 Å². The van der Waals surface area contributed by atoms with E-state index in [0.717, 1.165) is 29.4 Å². The zero-order valence-corrected chi connectivity index (χ0v) is 27.0. The summed E-state index contributed by atoms with van der Waals surface area (Å²) in [5.74, 6) is -1.53. The Balaban J connectivity index is 0.000000755. The summed E-state index contributed by atoms with van der Waals surface area (Å²) in [6.45, 7) is 0.481. The van der Waals surface area contributed by atoms with Crippen molar-refractivity contribution in [3.05, 3.63) is 83.9 Å². The highest BCUT2D eigenvalue weighted by molar-refractivity contribution is 7.89. The molecule has 1 aliphatic rings. The molecule has 1 fully saturated rings. The smallest absolute Gasteiger partial charge is 0.475 e. The predicted octanol–water partition coefficient (Wildman–Crippen LogP) is 8.24. The number of nitrogens with one attached hydrogen (secondary N) is 3. The topological polar surface area (TPSA) is 133 Å². The standard InChI is InChI=1S/C30H29F6N5O2S.C2HF3O2/c31-29(32,33)21-14-22(30(34,35)36)16-24(15-21)44(42,43)38-18-20-12-10-19(11-13-20)17-37-28-40-26-9-5-4-8-25(26)27(41-28)39-23-6-2-1-3-7-23;3-2(4,5)1(6)7/h1-9,14-16,19-20,38H,10-13,17-18H2,(H2,37,39,40,41);(H,6,7). The summed E-state index contributed by atoms with van der Waals surface area (Å²) in [5.41, 5.74) is -1.72. The lowest BCUT2D eigenvalue weighted by Crippen LogP contribution is -2.32. The van der Waals surface area contributed by atoms with Crippen molar-refractivity contribution >= 4 is 44.3 Å². The number of para-hydroxylation sites is 2. The number of nitrogens with zero attached hydrogens (tertiary/aromatic N) is 2. The first-order chi connectivity index (χ1) is 23.7. The molecule has 0 spiro atoms. The van der Waals surface area contributed by atoms with Gasteiger partial charge in [0.2, 0.25) is 16.0 Å². The van der Waals surface area contributed by atoms with Gasteiger partial charge in [0.15, 0.2) is 0 Å². The van der Waals surface area contributed by atoms with Gasteiger partial charge in [-0.1, -0.05) is 30.3 Å². The van der Waals surface area contributed by atoms with Crippen LogP contribution in [0.2, 0.25) is 0 Å². The summed E-state index contributed by atoms with van der Waals surface area (Å²) in [6.07, 6.45) is -12.6. The molecule has 4 N–H and O–H groups in total. The zero-order chi connectivity index (χ0) is 37.6. The zero-order valence-electron chi connectivity index (χ0n) is 26.2. The Morgan fingerprint density at radius 1 is 0.745 bits per heavy atom. The van der Waals surface area contributed by atoms with Crippen LogP contribution in [0.25, 0.3) is 10.9 Å². The number of alkyl halides is 9. The second-order valence-electron chi connectivity index (χ2n) is 11.6. The van der Waals surface area contributed by atoms with E-state index in [2.05, 4.69) is 25.3 Å². The van der Waals surface area contributed by atoms with Gasteiger partial charge in [-0.2, -0.15) is 44.5 Å². The van der Waals surface area contributed by atoms with Crippen LogP contribution in [0.3, 0.4) is 0 Å².